The van der Waals surface area contributed by atoms with Gasteiger partial charge in [0.15, 0.2) is 0 Å². The summed E-state index contributed by atoms with van der Waals surface area (Å²) >= 11 is 0. The third-order valence-corrected chi connectivity index (χ3v) is 1.71. The van der Waals surface area contributed by atoms with Crippen LogP contribution in [0.4, 0.5) is 0 Å². The molecule has 4 nitrogen and oxygen atoms in total. The molecule has 1 aromatic rings. The molecule has 0 aliphatic carbocycles. The molecule has 0 saturated carbocycles. The molecule has 1 rings (SSSR count). The molecule has 1 heterocycles. The van der Waals surface area contributed by atoms with Crippen molar-refractivity contribution >= 4 is 0 Å². The molecule has 13 heavy (non-hydrogen) atoms. The summed E-state index contributed by atoms with van der Waals surface area (Å²) in [4.78, 5) is 12.7. The summed E-state index contributed by atoms with van der Waals surface area (Å²) in [6, 6.07) is -0.126. The Bertz CT molecular complexity index is 267. The lowest BCUT2D eigenvalue weighted by Gasteiger charge is -2.08. The third-order valence-electron chi connectivity index (χ3n) is 1.71. The molecule has 0 aliphatic rings. The molecule has 0 bridgehead atoms. The molecule has 0 saturated heterocycles. The maximum absolute atomic E-state index is 5.70. The molecule has 0 spiro atoms. The van der Waals surface area contributed by atoms with Crippen LogP contribution in [0.2, 0.25) is 0 Å². The molecule has 4 heteroatoms. The van der Waals surface area contributed by atoms with Gasteiger partial charge in [-0.1, -0.05) is 13.8 Å². The quantitative estimate of drug-likeness (QED) is 0.745. The lowest BCUT2D eigenvalue weighted by atomic mass is 10.2. The Morgan fingerprint density at radius 2 is 1.54 bits per heavy atom. The van der Waals surface area contributed by atoms with Gasteiger partial charge < -0.3 is 5.73 Å². The van der Waals surface area contributed by atoms with E-state index in [2.05, 4.69) is 28.8 Å². The van der Waals surface area contributed by atoms with Crippen LogP contribution in [-0.2, 0) is 0 Å². The summed E-state index contributed by atoms with van der Waals surface area (Å²) in [7, 11) is 0. The number of hydrogen-bond donors (Lipinski definition) is 1. The van der Waals surface area contributed by atoms with Crippen LogP contribution >= 0.6 is 0 Å². The van der Waals surface area contributed by atoms with Crippen molar-refractivity contribution in [3.05, 3.63) is 17.5 Å². The van der Waals surface area contributed by atoms with E-state index in [0.29, 0.717) is 11.7 Å². The highest BCUT2D eigenvalue weighted by molar-refractivity contribution is 5.02. The average molecular weight is 180 g/mol. The Kier molecular flexibility index (Phi) is 2.93. The number of aromatic nitrogens is 3. The molecule has 0 aliphatic heterocycles. The van der Waals surface area contributed by atoms with Gasteiger partial charge in [0.05, 0.1) is 6.04 Å². The first-order valence-electron chi connectivity index (χ1n) is 4.48. The highest BCUT2D eigenvalue weighted by Crippen LogP contribution is 2.11. The standard InChI is InChI=1S/C9H16N4/c1-5(2)8-11-7(4)12-9(13-8)6(3)10/h5-6H,10H2,1-4H3. The largest absolute Gasteiger partial charge is 0.322 e. The maximum atomic E-state index is 5.70. The Balaban J connectivity index is 3.11. The minimum atomic E-state index is -0.126. The van der Waals surface area contributed by atoms with Gasteiger partial charge in [0.2, 0.25) is 0 Å². The summed E-state index contributed by atoms with van der Waals surface area (Å²) in [5, 5.41) is 0. The van der Waals surface area contributed by atoms with Gasteiger partial charge >= 0.3 is 0 Å². The monoisotopic (exact) mass is 180 g/mol. The van der Waals surface area contributed by atoms with Crippen molar-refractivity contribution in [3.63, 3.8) is 0 Å². The van der Waals surface area contributed by atoms with E-state index < -0.39 is 0 Å². The predicted molar refractivity (Wildman–Crippen MR) is 51.3 cm³/mol. The first-order valence-corrected chi connectivity index (χ1v) is 4.48. The van der Waals surface area contributed by atoms with E-state index in [4.69, 9.17) is 5.73 Å². The molecule has 0 aromatic carbocycles. The second-order valence-electron chi connectivity index (χ2n) is 3.54. The summed E-state index contributed by atoms with van der Waals surface area (Å²) in [5.41, 5.74) is 5.70. The second-order valence-corrected chi connectivity index (χ2v) is 3.54. The molecular formula is C9H16N4. The van der Waals surface area contributed by atoms with Crippen molar-refractivity contribution in [2.24, 2.45) is 5.73 Å². The van der Waals surface area contributed by atoms with Gasteiger partial charge in [-0.25, -0.2) is 15.0 Å². The fraction of sp³-hybridized carbons (Fsp3) is 0.667. The fourth-order valence-electron chi connectivity index (χ4n) is 0.986. The van der Waals surface area contributed by atoms with E-state index in [9.17, 15) is 0 Å². The first-order chi connectivity index (χ1) is 6.00. The van der Waals surface area contributed by atoms with Crippen molar-refractivity contribution in [1.82, 2.24) is 15.0 Å². The van der Waals surface area contributed by atoms with Crippen molar-refractivity contribution in [3.8, 4) is 0 Å². The highest BCUT2D eigenvalue weighted by Gasteiger charge is 2.09. The number of nitrogens with two attached hydrogens (primary N) is 1. The van der Waals surface area contributed by atoms with Gasteiger partial charge in [-0.05, 0) is 13.8 Å². The predicted octanol–water partition coefficient (Wildman–Crippen LogP) is 1.32. The Labute approximate surface area is 78.6 Å². The Morgan fingerprint density at radius 1 is 1.00 bits per heavy atom. The normalized spacial score (nSPS) is 13.4. The minimum absolute atomic E-state index is 0.126. The SMILES string of the molecule is Cc1nc(C(C)C)nc(C(C)N)n1. The fourth-order valence-corrected chi connectivity index (χ4v) is 0.986. The molecule has 0 amide bonds. The first kappa shape index (κ1) is 10.1. The number of rotatable bonds is 2. The molecule has 1 atom stereocenters. The zero-order valence-electron chi connectivity index (χ0n) is 8.57. The smallest absolute Gasteiger partial charge is 0.149 e. The van der Waals surface area contributed by atoms with Gasteiger partial charge in [0.1, 0.15) is 17.5 Å². The van der Waals surface area contributed by atoms with Gasteiger partial charge in [0.25, 0.3) is 0 Å². The molecule has 2 N–H and O–H groups in total. The van der Waals surface area contributed by atoms with E-state index >= 15 is 0 Å². The number of hydrogen-bond acceptors (Lipinski definition) is 4. The number of nitrogens with zero attached hydrogens (tertiary/aromatic N) is 3. The van der Waals surface area contributed by atoms with Crippen molar-refractivity contribution in [1.29, 1.82) is 0 Å². The van der Waals surface area contributed by atoms with E-state index in [0.717, 1.165) is 11.6 Å². The van der Waals surface area contributed by atoms with Crippen LogP contribution in [0.25, 0.3) is 0 Å². The highest BCUT2D eigenvalue weighted by atomic mass is 15.0. The lowest BCUT2D eigenvalue weighted by Crippen LogP contribution is -2.14. The van der Waals surface area contributed by atoms with Crippen molar-refractivity contribution in [2.75, 3.05) is 0 Å². The topological polar surface area (TPSA) is 64.7 Å². The van der Waals surface area contributed by atoms with E-state index in [1.807, 2.05) is 13.8 Å². The van der Waals surface area contributed by atoms with Crippen LogP contribution in [0.3, 0.4) is 0 Å². The summed E-state index contributed by atoms with van der Waals surface area (Å²) in [6.45, 7) is 7.85. The summed E-state index contributed by atoms with van der Waals surface area (Å²) in [5.74, 6) is 2.56. The maximum Gasteiger partial charge on any atom is 0.149 e. The lowest BCUT2D eigenvalue weighted by molar-refractivity contribution is 0.666. The molecule has 0 fully saturated rings. The number of aryl methyl sites for hydroxylation is 1. The van der Waals surface area contributed by atoms with Gasteiger partial charge in [-0.15, -0.1) is 0 Å². The zero-order chi connectivity index (χ0) is 10.0. The molecule has 72 valence electrons. The summed E-state index contributed by atoms with van der Waals surface area (Å²) in [6.07, 6.45) is 0. The van der Waals surface area contributed by atoms with Crippen molar-refractivity contribution < 1.29 is 0 Å². The van der Waals surface area contributed by atoms with Crippen LogP contribution in [0.1, 0.15) is 50.2 Å². The van der Waals surface area contributed by atoms with Crippen molar-refractivity contribution in [2.45, 2.75) is 39.7 Å². The van der Waals surface area contributed by atoms with Gasteiger partial charge in [0, 0.05) is 5.92 Å². The van der Waals surface area contributed by atoms with Crippen LogP contribution in [-0.4, -0.2) is 15.0 Å². The molecule has 1 unspecified atom stereocenters. The molecular weight excluding hydrogens is 164 g/mol. The average Bonchev–Trinajstić information content (AvgIpc) is 2.03. The van der Waals surface area contributed by atoms with E-state index in [-0.39, 0.29) is 6.04 Å². The molecule has 1 aromatic heterocycles. The van der Waals surface area contributed by atoms with Crippen LogP contribution in [0.15, 0.2) is 0 Å². The van der Waals surface area contributed by atoms with E-state index in [1.54, 1.807) is 0 Å². The van der Waals surface area contributed by atoms with Crippen LogP contribution in [0, 0.1) is 6.92 Å². The van der Waals surface area contributed by atoms with Crippen LogP contribution < -0.4 is 5.73 Å². The second kappa shape index (κ2) is 3.79. The Morgan fingerprint density at radius 3 is 2.00 bits per heavy atom. The van der Waals surface area contributed by atoms with Gasteiger partial charge in [-0.3, -0.25) is 0 Å². The molecule has 0 radical (unpaired) electrons. The van der Waals surface area contributed by atoms with Gasteiger partial charge in [-0.2, -0.15) is 0 Å². The van der Waals surface area contributed by atoms with Crippen LogP contribution in [0.5, 0.6) is 0 Å². The minimum Gasteiger partial charge on any atom is -0.322 e. The summed E-state index contributed by atoms with van der Waals surface area (Å²) < 4.78 is 0. The third kappa shape index (κ3) is 2.45. The van der Waals surface area contributed by atoms with E-state index in [1.165, 1.54) is 0 Å². The Hall–Kier alpha value is -1.03. The zero-order valence-corrected chi connectivity index (χ0v) is 8.57.